The second kappa shape index (κ2) is 13.5. The summed E-state index contributed by atoms with van der Waals surface area (Å²) in [7, 11) is 13.2. The number of fused-ring (bicyclic) bond motifs is 3. The Balaban J connectivity index is 1.12. The molecule has 3 aliphatic rings. The molecule has 0 radical (unpaired) electrons. The van der Waals surface area contributed by atoms with Crippen molar-refractivity contribution in [3.63, 3.8) is 0 Å². The first kappa shape index (κ1) is 33.7. The fourth-order valence-electron chi connectivity index (χ4n) is 7.87. The van der Waals surface area contributed by atoms with Gasteiger partial charge >= 0.3 is 0 Å². The minimum absolute atomic E-state index is 0.0770. The molecular weight excluding hydrogens is 636 g/mol. The van der Waals surface area contributed by atoms with Crippen LogP contribution >= 0.6 is 0 Å². The zero-order chi connectivity index (χ0) is 35.2. The molecule has 50 heavy (non-hydrogen) atoms. The van der Waals surface area contributed by atoms with Crippen LogP contribution in [0.25, 0.3) is 0 Å². The van der Waals surface area contributed by atoms with Gasteiger partial charge in [-0.05, 0) is 73.0 Å². The van der Waals surface area contributed by atoms with Crippen LogP contribution in [0.5, 0.6) is 51.7 Å². The van der Waals surface area contributed by atoms with Crippen LogP contribution in [0.15, 0.2) is 54.6 Å². The van der Waals surface area contributed by atoms with Gasteiger partial charge in [-0.1, -0.05) is 18.2 Å². The molecule has 0 bridgehead atoms. The minimum atomic E-state index is 0.0770. The quantitative estimate of drug-likeness (QED) is 0.185. The maximum atomic E-state index is 11.1. The molecule has 3 heterocycles. The smallest absolute Gasteiger partial charge is 0.231 e. The van der Waals surface area contributed by atoms with Crippen molar-refractivity contribution >= 4 is 0 Å². The van der Waals surface area contributed by atoms with Crippen molar-refractivity contribution in [1.29, 1.82) is 0 Å². The molecule has 0 aromatic heterocycles. The molecule has 0 aliphatic carbocycles. The summed E-state index contributed by atoms with van der Waals surface area (Å²) in [5.41, 5.74) is 6.71. The summed E-state index contributed by atoms with van der Waals surface area (Å²) < 4.78 is 41.4. The fourth-order valence-corrected chi connectivity index (χ4v) is 7.87. The Hall–Kier alpha value is -4.80. The Morgan fingerprint density at radius 2 is 1.50 bits per heavy atom. The number of hydrogen-bond acceptors (Lipinski definition) is 9. The van der Waals surface area contributed by atoms with Crippen LogP contribution in [0.1, 0.15) is 45.5 Å². The molecule has 0 saturated heterocycles. The Morgan fingerprint density at radius 1 is 0.760 bits per heavy atom. The van der Waals surface area contributed by atoms with E-state index in [1.165, 1.54) is 16.7 Å². The lowest BCUT2D eigenvalue weighted by Crippen LogP contribution is -2.48. The predicted octanol–water partition coefficient (Wildman–Crippen LogP) is 6.64. The molecule has 10 nitrogen and oxygen atoms in total. The second-order valence-electron chi connectivity index (χ2n) is 13.9. The largest absolute Gasteiger partial charge is 0.504 e. The van der Waals surface area contributed by atoms with E-state index < -0.39 is 0 Å². The Labute approximate surface area is 294 Å². The van der Waals surface area contributed by atoms with Gasteiger partial charge in [0.05, 0.1) is 49.1 Å². The number of rotatable bonds is 10. The van der Waals surface area contributed by atoms with Crippen LogP contribution in [0, 0.1) is 0 Å². The van der Waals surface area contributed by atoms with E-state index in [4.69, 9.17) is 33.2 Å². The van der Waals surface area contributed by atoms with Gasteiger partial charge in [0.2, 0.25) is 18.3 Å². The topological polar surface area (TPSA) is 88.1 Å². The predicted molar refractivity (Wildman–Crippen MR) is 190 cm³/mol. The number of aromatic hydroxyl groups is 1. The summed E-state index contributed by atoms with van der Waals surface area (Å²) in [5, 5.41) is 11.1. The van der Waals surface area contributed by atoms with Crippen LogP contribution in [0.4, 0.5) is 0 Å². The number of ether oxygens (including phenoxy) is 7. The molecule has 264 valence electrons. The first-order chi connectivity index (χ1) is 24.1. The van der Waals surface area contributed by atoms with Crippen molar-refractivity contribution in [2.45, 2.75) is 37.8 Å². The van der Waals surface area contributed by atoms with E-state index in [2.05, 4.69) is 56.4 Å². The zero-order valence-corrected chi connectivity index (χ0v) is 30.0. The lowest BCUT2D eigenvalue weighted by atomic mass is 9.86. The third-order valence-electron chi connectivity index (χ3n) is 10.7. The molecule has 10 heteroatoms. The monoisotopic (exact) mass is 683 g/mol. The Morgan fingerprint density at radius 3 is 2.22 bits per heavy atom. The summed E-state index contributed by atoms with van der Waals surface area (Å²) in [6, 6.07) is 18.8. The van der Waals surface area contributed by atoms with Gasteiger partial charge in [0.15, 0.2) is 34.5 Å². The van der Waals surface area contributed by atoms with E-state index in [1.807, 2.05) is 24.3 Å². The summed E-state index contributed by atoms with van der Waals surface area (Å²) in [6.07, 6.45) is 3.20. The number of phenols is 1. The Kier molecular flexibility index (Phi) is 9.09. The summed E-state index contributed by atoms with van der Waals surface area (Å²) in [4.78, 5) is 2.39. The summed E-state index contributed by atoms with van der Waals surface area (Å²) in [6.45, 7) is 2.02. The highest BCUT2D eigenvalue weighted by molar-refractivity contribution is 5.62. The molecule has 0 fully saturated rings. The van der Waals surface area contributed by atoms with Crippen LogP contribution in [0.3, 0.4) is 0 Å². The van der Waals surface area contributed by atoms with E-state index >= 15 is 0 Å². The summed E-state index contributed by atoms with van der Waals surface area (Å²) in [5.74, 6) is 5.37. The van der Waals surface area contributed by atoms with E-state index in [1.54, 1.807) is 28.4 Å². The highest BCUT2D eigenvalue weighted by atomic mass is 16.7. The SMILES string of the molecule is COc1ccc(C[C@H]2c3cc(OC)c(OC)c(O)c3CC[N+]2(C)C)cc1Oc1ccc(C[C@H]2c3cc4c(c(OC)c3CCN2C)OCO4)cc1. The molecule has 4 aromatic rings. The molecule has 1 N–H and O–H groups in total. The van der Waals surface area contributed by atoms with Crippen molar-refractivity contribution < 1.29 is 42.7 Å². The molecule has 7 rings (SSSR count). The maximum absolute atomic E-state index is 11.1. The number of benzene rings is 4. The highest BCUT2D eigenvalue weighted by Crippen LogP contribution is 2.50. The summed E-state index contributed by atoms with van der Waals surface area (Å²) >= 11 is 0. The van der Waals surface area contributed by atoms with E-state index in [0.29, 0.717) is 28.7 Å². The number of hydrogen-bond donors (Lipinski definition) is 1. The lowest BCUT2D eigenvalue weighted by molar-refractivity contribution is -0.923. The molecule has 3 aliphatic heterocycles. The second-order valence-corrected chi connectivity index (χ2v) is 13.9. The average Bonchev–Trinajstić information content (AvgIpc) is 3.59. The molecule has 0 spiro atoms. The van der Waals surface area contributed by atoms with Crippen LogP contribution in [-0.2, 0) is 25.7 Å². The first-order valence-corrected chi connectivity index (χ1v) is 17.1. The minimum Gasteiger partial charge on any atom is -0.504 e. The van der Waals surface area contributed by atoms with Gasteiger partial charge in [0, 0.05) is 42.1 Å². The normalized spacial score (nSPS) is 18.9. The van der Waals surface area contributed by atoms with Crippen molar-refractivity contribution in [1.82, 2.24) is 4.90 Å². The van der Waals surface area contributed by atoms with Crippen LogP contribution in [0.2, 0.25) is 0 Å². The average molecular weight is 684 g/mol. The first-order valence-electron chi connectivity index (χ1n) is 17.1. The third kappa shape index (κ3) is 6.00. The molecule has 2 atom stereocenters. The molecule has 0 unspecified atom stereocenters. The number of quaternary nitrogens is 1. The molecular formula is C40H47N2O8+. The zero-order valence-electron chi connectivity index (χ0n) is 30.0. The van der Waals surface area contributed by atoms with Gasteiger partial charge in [-0.3, -0.25) is 4.90 Å². The van der Waals surface area contributed by atoms with Crippen LogP contribution in [-0.4, -0.2) is 84.0 Å². The maximum Gasteiger partial charge on any atom is 0.231 e. The van der Waals surface area contributed by atoms with Gasteiger partial charge in [0.1, 0.15) is 11.8 Å². The van der Waals surface area contributed by atoms with Gasteiger partial charge < -0.3 is 42.7 Å². The standard InChI is InChI=1S/C40H46N2O8/c1-41-16-14-28-29(21-36-40(38(28)46-6)49-23-48-36)31(41)18-24-8-11-26(12-9-24)50-34-20-25(10-13-33(34)44-4)19-32-30-22-35(45-5)39(47-7)37(43)27(30)15-17-42(32,2)3/h8-13,20-22,31-32H,14-19,23H2,1-7H3/p+1/t31-,32-/m0/s1. The van der Waals surface area contributed by atoms with Gasteiger partial charge in [0.25, 0.3) is 0 Å². The van der Waals surface area contributed by atoms with Gasteiger partial charge in [-0.15, -0.1) is 0 Å². The fraction of sp³-hybridized carbons (Fsp3) is 0.400. The van der Waals surface area contributed by atoms with Gasteiger partial charge in [-0.2, -0.15) is 0 Å². The van der Waals surface area contributed by atoms with Gasteiger partial charge in [-0.25, -0.2) is 0 Å². The van der Waals surface area contributed by atoms with Crippen molar-refractivity contribution in [3.05, 3.63) is 88.0 Å². The van der Waals surface area contributed by atoms with E-state index in [-0.39, 0.29) is 24.6 Å². The van der Waals surface area contributed by atoms with Crippen molar-refractivity contribution in [3.8, 4) is 51.7 Å². The molecule has 4 aromatic carbocycles. The lowest BCUT2D eigenvalue weighted by Gasteiger charge is -2.43. The Bertz CT molecular complexity index is 1890. The molecule has 0 saturated carbocycles. The molecule has 0 amide bonds. The van der Waals surface area contributed by atoms with Crippen molar-refractivity contribution in [2.75, 3.05) is 69.5 Å². The number of nitrogens with zero attached hydrogens (tertiary/aromatic N) is 2. The van der Waals surface area contributed by atoms with E-state index in [9.17, 15) is 5.11 Å². The van der Waals surface area contributed by atoms with E-state index in [0.717, 1.165) is 77.2 Å². The number of likely N-dealkylation sites (N-methyl/N-ethyl adjacent to an activating group) is 2. The van der Waals surface area contributed by atoms with Crippen LogP contribution < -0.4 is 33.2 Å². The van der Waals surface area contributed by atoms with Crippen molar-refractivity contribution in [2.24, 2.45) is 0 Å². The third-order valence-corrected chi connectivity index (χ3v) is 10.7. The highest BCUT2D eigenvalue weighted by Gasteiger charge is 2.39. The number of phenolic OH excluding ortho intramolecular Hbond substituents is 1. The number of methoxy groups -OCH3 is 4.